The second-order valence-electron chi connectivity index (χ2n) is 7.41. The van der Waals surface area contributed by atoms with E-state index in [4.69, 9.17) is 0 Å². The Morgan fingerprint density at radius 1 is 1.17 bits per heavy atom. The maximum absolute atomic E-state index is 14.3. The number of thioether (sulfide) groups is 1. The van der Waals surface area contributed by atoms with E-state index in [0.29, 0.717) is 23.1 Å². The summed E-state index contributed by atoms with van der Waals surface area (Å²) in [6.07, 6.45) is 2.04. The van der Waals surface area contributed by atoms with Crippen molar-refractivity contribution in [2.75, 3.05) is 12.8 Å². The second-order valence-corrected chi connectivity index (χ2v) is 8.35. The van der Waals surface area contributed by atoms with Gasteiger partial charge in [-0.25, -0.2) is 4.39 Å². The molecule has 0 atom stereocenters. The fourth-order valence-electron chi connectivity index (χ4n) is 3.16. The van der Waals surface area contributed by atoms with Crippen molar-refractivity contribution in [1.82, 2.24) is 19.7 Å². The highest BCUT2D eigenvalue weighted by Gasteiger charge is 2.31. The van der Waals surface area contributed by atoms with Gasteiger partial charge in [0.15, 0.2) is 11.0 Å². The van der Waals surface area contributed by atoms with Crippen LogP contribution in [0.5, 0.6) is 0 Å². The molecule has 0 saturated heterocycles. The molecule has 150 valence electrons. The summed E-state index contributed by atoms with van der Waals surface area (Å²) in [5.74, 6) is 0.513. The first-order chi connectivity index (χ1) is 14.0. The van der Waals surface area contributed by atoms with E-state index >= 15 is 0 Å². The number of halogens is 1. The van der Waals surface area contributed by atoms with E-state index in [1.807, 2.05) is 35.8 Å². The lowest BCUT2D eigenvalue weighted by atomic mass is 10.1. The zero-order valence-corrected chi connectivity index (χ0v) is 17.3. The summed E-state index contributed by atoms with van der Waals surface area (Å²) in [7, 11) is 1.80. The lowest BCUT2D eigenvalue weighted by Gasteiger charge is -2.17. The first-order valence-electron chi connectivity index (χ1n) is 9.65. The second kappa shape index (κ2) is 8.37. The zero-order chi connectivity index (χ0) is 20.4. The quantitative estimate of drug-likeness (QED) is 0.539. The Balaban J connectivity index is 1.45. The lowest BCUT2D eigenvalue weighted by molar-refractivity contribution is -0.127. The highest BCUT2D eigenvalue weighted by molar-refractivity contribution is 7.99. The molecule has 7 heteroatoms. The zero-order valence-electron chi connectivity index (χ0n) is 16.5. The highest BCUT2D eigenvalue weighted by atomic mass is 32.2. The largest absolute Gasteiger partial charge is 0.341 e. The van der Waals surface area contributed by atoms with Crippen molar-refractivity contribution in [2.45, 2.75) is 37.5 Å². The first-order valence-corrected chi connectivity index (χ1v) is 10.6. The smallest absolute Gasteiger partial charge is 0.233 e. The molecule has 1 fully saturated rings. The average molecular weight is 411 g/mol. The lowest BCUT2D eigenvalue weighted by Crippen LogP contribution is -2.27. The molecule has 29 heavy (non-hydrogen) atoms. The van der Waals surface area contributed by atoms with Crippen molar-refractivity contribution in [1.29, 1.82) is 0 Å². The summed E-state index contributed by atoms with van der Waals surface area (Å²) in [6, 6.07) is 15.0. The van der Waals surface area contributed by atoms with E-state index in [0.717, 1.165) is 18.4 Å². The summed E-state index contributed by atoms with van der Waals surface area (Å²) in [6.45, 7) is 2.61. The van der Waals surface area contributed by atoms with E-state index in [9.17, 15) is 9.18 Å². The Morgan fingerprint density at radius 2 is 1.90 bits per heavy atom. The Morgan fingerprint density at radius 3 is 2.59 bits per heavy atom. The van der Waals surface area contributed by atoms with Gasteiger partial charge < -0.3 is 4.90 Å². The first kappa shape index (κ1) is 19.6. The number of aryl methyl sites for hydroxylation is 1. The number of carbonyl (C=O) groups is 1. The van der Waals surface area contributed by atoms with Crippen molar-refractivity contribution >= 4 is 17.7 Å². The minimum atomic E-state index is -0.313. The number of nitrogens with zero attached hydrogens (tertiary/aromatic N) is 4. The minimum Gasteiger partial charge on any atom is -0.341 e. The number of rotatable bonds is 7. The Kier molecular flexibility index (Phi) is 5.67. The maximum Gasteiger partial charge on any atom is 0.233 e. The Hall–Kier alpha value is -2.67. The number of hydrogen-bond acceptors (Lipinski definition) is 4. The molecule has 1 amide bonds. The van der Waals surface area contributed by atoms with Crippen LogP contribution >= 0.6 is 11.8 Å². The van der Waals surface area contributed by atoms with Crippen LogP contribution in [0.1, 0.15) is 30.0 Å². The number of aromatic nitrogens is 3. The fraction of sp³-hybridized carbons (Fsp3) is 0.318. The van der Waals surface area contributed by atoms with E-state index in [1.165, 1.54) is 23.4 Å². The van der Waals surface area contributed by atoms with Crippen molar-refractivity contribution in [2.24, 2.45) is 0 Å². The maximum atomic E-state index is 14.3. The van der Waals surface area contributed by atoms with E-state index in [1.54, 1.807) is 30.1 Å². The van der Waals surface area contributed by atoms with Crippen LogP contribution in [0.3, 0.4) is 0 Å². The third-order valence-corrected chi connectivity index (χ3v) is 5.91. The van der Waals surface area contributed by atoms with Crippen molar-refractivity contribution < 1.29 is 9.18 Å². The van der Waals surface area contributed by atoms with Gasteiger partial charge in [0.05, 0.1) is 11.3 Å². The van der Waals surface area contributed by atoms with Gasteiger partial charge in [-0.2, -0.15) is 0 Å². The number of hydrogen-bond donors (Lipinski definition) is 0. The van der Waals surface area contributed by atoms with Crippen LogP contribution in [-0.4, -0.2) is 38.4 Å². The van der Waals surface area contributed by atoms with Gasteiger partial charge in [0, 0.05) is 19.6 Å². The molecule has 2 aromatic carbocycles. The van der Waals surface area contributed by atoms with E-state index < -0.39 is 0 Å². The molecular formula is C22H23FN4OS. The standard InChI is InChI=1S/C22H23FN4OS/c1-15-7-9-16(10-8-15)13-26(2)20(28)14-29-22-25-24-21(27(22)17-11-12-17)18-5-3-4-6-19(18)23/h3-10,17H,11-14H2,1-2H3. The van der Waals surface area contributed by atoms with Crippen molar-refractivity contribution in [3.8, 4) is 11.4 Å². The molecule has 0 N–H and O–H groups in total. The molecule has 0 spiro atoms. The number of amides is 1. The van der Waals surface area contributed by atoms with Crippen LogP contribution in [0.2, 0.25) is 0 Å². The van der Waals surface area contributed by atoms with Gasteiger partial charge in [0.2, 0.25) is 5.91 Å². The molecule has 3 aromatic rings. The third kappa shape index (κ3) is 4.50. The van der Waals surface area contributed by atoms with Gasteiger partial charge in [-0.3, -0.25) is 9.36 Å². The molecular weight excluding hydrogens is 387 g/mol. The van der Waals surface area contributed by atoms with Gasteiger partial charge in [-0.1, -0.05) is 53.7 Å². The molecule has 1 aliphatic rings. The van der Waals surface area contributed by atoms with E-state index in [2.05, 4.69) is 10.2 Å². The van der Waals surface area contributed by atoms with Crippen molar-refractivity contribution in [3.05, 3.63) is 65.5 Å². The molecule has 1 saturated carbocycles. The summed E-state index contributed by atoms with van der Waals surface area (Å²) in [5.41, 5.74) is 2.74. The SMILES string of the molecule is Cc1ccc(CN(C)C(=O)CSc2nnc(-c3ccccc3F)n2C2CC2)cc1. The molecule has 5 nitrogen and oxygen atoms in total. The van der Waals surface area contributed by atoms with Gasteiger partial charge >= 0.3 is 0 Å². The fourth-order valence-corrected chi connectivity index (χ4v) is 4.10. The summed E-state index contributed by atoms with van der Waals surface area (Å²) < 4.78 is 16.2. The third-order valence-electron chi connectivity index (χ3n) is 4.98. The molecule has 0 aliphatic heterocycles. The summed E-state index contributed by atoms with van der Waals surface area (Å²) >= 11 is 1.36. The molecule has 1 heterocycles. The predicted octanol–water partition coefficient (Wildman–Crippen LogP) is 4.48. The minimum absolute atomic E-state index is 0.0216. The van der Waals surface area contributed by atoms with Crippen LogP contribution in [0.15, 0.2) is 53.7 Å². The van der Waals surface area contributed by atoms with Crippen LogP contribution in [-0.2, 0) is 11.3 Å². The molecule has 1 aromatic heterocycles. The normalized spacial score (nSPS) is 13.5. The van der Waals surface area contributed by atoms with Gasteiger partial charge in [-0.05, 0) is 37.5 Å². The molecule has 0 radical (unpaired) electrons. The topological polar surface area (TPSA) is 51.0 Å². The molecule has 0 bridgehead atoms. The number of benzene rings is 2. The molecule has 1 aliphatic carbocycles. The number of carbonyl (C=O) groups excluding carboxylic acids is 1. The average Bonchev–Trinajstić information content (AvgIpc) is 3.47. The van der Waals surface area contributed by atoms with Gasteiger partial charge in [0.1, 0.15) is 5.82 Å². The monoisotopic (exact) mass is 410 g/mol. The van der Waals surface area contributed by atoms with Crippen LogP contribution in [0.25, 0.3) is 11.4 Å². The van der Waals surface area contributed by atoms with Crippen molar-refractivity contribution in [3.63, 3.8) is 0 Å². The summed E-state index contributed by atoms with van der Waals surface area (Å²) in [5, 5.41) is 9.16. The van der Waals surface area contributed by atoms with Gasteiger partial charge in [-0.15, -0.1) is 10.2 Å². The van der Waals surface area contributed by atoms with Crippen LogP contribution < -0.4 is 0 Å². The predicted molar refractivity (Wildman–Crippen MR) is 112 cm³/mol. The van der Waals surface area contributed by atoms with Crippen LogP contribution in [0, 0.1) is 12.7 Å². The highest BCUT2D eigenvalue weighted by Crippen LogP contribution is 2.41. The molecule has 4 rings (SSSR count). The summed E-state index contributed by atoms with van der Waals surface area (Å²) in [4.78, 5) is 14.3. The Labute approximate surface area is 173 Å². The van der Waals surface area contributed by atoms with E-state index in [-0.39, 0.29) is 23.5 Å². The van der Waals surface area contributed by atoms with Crippen LogP contribution in [0.4, 0.5) is 4.39 Å². The van der Waals surface area contributed by atoms with Gasteiger partial charge in [0.25, 0.3) is 0 Å². The molecule has 0 unspecified atom stereocenters. The Bertz CT molecular complexity index is 1010.